The normalized spacial score (nSPS) is 13.4. The van der Waals surface area contributed by atoms with Crippen molar-refractivity contribution in [1.29, 1.82) is 0 Å². The van der Waals surface area contributed by atoms with Crippen LogP contribution in [-0.4, -0.2) is 119 Å². The molecule has 5 aromatic rings. The van der Waals surface area contributed by atoms with Crippen molar-refractivity contribution in [2.24, 2.45) is 30.0 Å². The first kappa shape index (κ1) is 73.4. The zero-order valence-electron chi connectivity index (χ0n) is 55.7. The molecule has 0 bridgehead atoms. The molecular weight excluding hydrogens is 1170 g/mol. The molecule has 0 aliphatic heterocycles. The van der Waals surface area contributed by atoms with Crippen molar-refractivity contribution in [3.8, 4) is 0 Å². The molecule has 0 saturated heterocycles. The number of amides is 9. The van der Waals surface area contributed by atoms with Gasteiger partial charge < -0.3 is 61.8 Å². The maximum atomic E-state index is 14.5. The number of nitrogens with one attached hydrogen (secondary N) is 7. The summed E-state index contributed by atoms with van der Waals surface area (Å²) >= 11 is 0. The lowest BCUT2D eigenvalue weighted by Gasteiger charge is -2.39. The number of likely N-dealkylation sites (N-methyl/N-ethyl adjacent to an activating group) is 2. The van der Waals surface area contributed by atoms with Crippen molar-refractivity contribution in [1.82, 2.24) is 36.1 Å². The summed E-state index contributed by atoms with van der Waals surface area (Å²) in [4.78, 5) is 124. The number of aliphatic carboxylic acids is 1. The highest BCUT2D eigenvalue weighted by Gasteiger charge is 2.43. The molecule has 1 heterocycles. The number of carbonyl (C=O) groups excluding carboxylic acids is 8. The van der Waals surface area contributed by atoms with Crippen molar-refractivity contribution in [3.05, 3.63) is 143 Å². The highest BCUT2D eigenvalue weighted by Crippen LogP contribution is 2.37. The summed E-state index contributed by atoms with van der Waals surface area (Å²) in [6, 6.07) is 21.8. The van der Waals surface area contributed by atoms with Crippen molar-refractivity contribution < 1.29 is 53.0 Å². The van der Waals surface area contributed by atoms with E-state index in [1.807, 2.05) is 128 Å². The number of rotatable bonds is 31. The molecule has 0 radical (unpaired) electrons. The van der Waals surface area contributed by atoms with Gasteiger partial charge in [0.05, 0.1) is 18.6 Å². The third kappa shape index (κ3) is 19.8. The van der Waals surface area contributed by atoms with Crippen LogP contribution in [0.5, 0.6) is 0 Å². The third-order valence-corrected chi connectivity index (χ3v) is 16.4. The molecule has 1 unspecified atom stereocenters. The quantitative estimate of drug-likeness (QED) is 0.0148. The number of aryl methyl sites for hydroxylation is 2. The minimum absolute atomic E-state index is 0.0811. The van der Waals surface area contributed by atoms with Crippen LogP contribution in [0.3, 0.4) is 0 Å². The number of carboxylic acids is 1. The second-order valence-electron chi connectivity index (χ2n) is 25.5. The van der Waals surface area contributed by atoms with Crippen LogP contribution in [0.25, 0.3) is 17.0 Å². The Kier molecular flexibility index (Phi) is 26.4. The fourth-order valence-corrected chi connectivity index (χ4v) is 11.1. The Morgan fingerprint density at radius 1 is 0.772 bits per heavy atom. The van der Waals surface area contributed by atoms with Crippen molar-refractivity contribution in [2.75, 3.05) is 36.2 Å². The van der Waals surface area contributed by atoms with Gasteiger partial charge in [0, 0.05) is 78.6 Å². The maximum absolute atomic E-state index is 14.5. The van der Waals surface area contributed by atoms with Crippen LogP contribution in [0.2, 0.25) is 0 Å². The summed E-state index contributed by atoms with van der Waals surface area (Å²) < 4.78 is 7.55. The number of anilines is 3. The lowest BCUT2D eigenvalue weighted by Crippen LogP contribution is -2.61. The van der Waals surface area contributed by atoms with Crippen molar-refractivity contribution in [2.45, 2.75) is 157 Å². The van der Waals surface area contributed by atoms with Gasteiger partial charge in [0.25, 0.3) is 0 Å². The molecule has 5 atom stereocenters. The van der Waals surface area contributed by atoms with E-state index in [9.17, 15) is 48.3 Å². The number of carboxylic acid groups (broad SMARTS) is 1. The van der Waals surface area contributed by atoms with E-state index < -0.39 is 88.7 Å². The van der Waals surface area contributed by atoms with Gasteiger partial charge >= 0.3 is 18.1 Å². The van der Waals surface area contributed by atoms with Crippen LogP contribution in [0.1, 0.15) is 130 Å². The monoisotopic (exact) mass is 1270 g/mol. The predicted molar refractivity (Wildman–Crippen MR) is 360 cm³/mol. The van der Waals surface area contributed by atoms with Crippen LogP contribution in [0, 0.1) is 17.3 Å². The van der Waals surface area contributed by atoms with E-state index in [0.717, 1.165) is 38.8 Å². The second-order valence-corrected chi connectivity index (χ2v) is 25.5. The number of para-hydroxylation sites is 1. The standard InChI is InChI=1S/C70H95N11O11/c1-16-46-23-18-19-25-48(46)39-81(54-27-21-20-24-47(54)17-2)58(83)35-34-57(82)77-59(43(5)6)63(85)76-53(26-22-36-73-67(71)90)62(84)74-49-30-28-45(29-31-49)41-92-68(91)75-50-32-33-55-51(38-50)52(40-79(55)14)70(11,12)60(72-13)64(86)78-61(69(8,9)10)65(87)80(15)56(42(3)4)37-44(7)66(88)89/h16,18-21,23-25,27-33,37-38,40,42-43,53,56,59-61,72H,1,17,22,26,34-36,39,41H2,2-15H3,(H,74,84)(H,75,91)(H,76,85)(H,77,82)(H,78,86)(H,88,89)(H3,71,73,90)/b44-37+/t53-,56+,59-,60?,61+/m0/s1. The molecule has 5 rings (SSSR count). The SMILES string of the molecule is C=Cc1ccccc1CN(C(=O)CCC(=O)N[C@H](C(=O)N[C@@H](CCCNC(N)=O)C(=O)Nc1ccc(COC(=O)Nc2ccc3c(c2)c(C(C)(C)C(NC)C(=O)N[C@H](C(=O)N(C)[C@H](/C=C(\C)C(=O)O)C(C)C)C(C)(C)C)cn3C)cc1)C(C)C)c1ccccc1CC. The molecule has 9 amide bonds. The molecular formula is C70H95N11O11. The van der Waals surface area contributed by atoms with E-state index in [-0.39, 0.29) is 68.7 Å². The molecule has 0 aliphatic rings. The molecule has 0 aliphatic carbocycles. The number of urea groups is 1. The van der Waals surface area contributed by atoms with Gasteiger partial charge in [-0.3, -0.25) is 34.1 Å². The number of fused-ring (bicyclic) bond motifs is 1. The minimum atomic E-state index is -1.13. The van der Waals surface area contributed by atoms with E-state index in [1.165, 1.54) is 11.8 Å². The van der Waals surface area contributed by atoms with Crippen LogP contribution in [-0.2, 0) is 70.3 Å². The maximum Gasteiger partial charge on any atom is 0.411 e. The topological polar surface area (TPSA) is 305 Å². The van der Waals surface area contributed by atoms with Gasteiger partial charge in [0.15, 0.2) is 0 Å². The first-order valence-electron chi connectivity index (χ1n) is 31.1. The zero-order valence-corrected chi connectivity index (χ0v) is 55.7. The number of aromatic nitrogens is 1. The number of benzene rings is 4. The molecule has 22 heteroatoms. The lowest BCUT2D eigenvalue weighted by atomic mass is 9.76. The fourth-order valence-electron chi connectivity index (χ4n) is 11.1. The van der Waals surface area contributed by atoms with Gasteiger partial charge in [-0.25, -0.2) is 14.4 Å². The van der Waals surface area contributed by atoms with Crippen molar-refractivity contribution >= 4 is 87.6 Å². The molecule has 0 saturated carbocycles. The molecule has 92 heavy (non-hydrogen) atoms. The molecule has 496 valence electrons. The predicted octanol–water partition coefficient (Wildman–Crippen LogP) is 9.07. The Bertz CT molecular complexity index is 3490. The number of nitrogens with two attached hydrogens (primary N) is 1. The summed E-state index contributed by atoms with van der Waals surface area (Å²) in [7, 11) is 5.16. The summed E-state index contributed by atoms with van der Waals surface area (Å²) in [6.45, 7) is 24.3. The Morgan fingerprint density at radius 2 is 1.41 bits per heavy atom. The number of hydrogen-bond donors (Lipinski definition) is 9. The average Bonchev–Trinajstić information content (AvgIpc) is 1.56. The average molecular weight is 1270 g/mol. The molecule has 22 nitrogen and oxygen atoms in total. The van der Waals surface area contributed by atoms with Crippen molar-refractivity contribution in [3.63, 3.8) is 0 Å². The number of ether oxygens (including phenoxy) is 1. The summed E-state index contributed by atoms with van der Waals surface area (Å²) in [6.07, 6.45) is 5.11. The van der Waals surface area contributed by atoms with E-state index >= 15 is 0 Å². The van der Waals surface area contributed by atoms with Crippen LogP contribution >= 0.6 is 0 Å². The zero-order chi connectivity index (χ0) is 68.4. The Labute approximate surface area is 540 Å². The highest BCUT2D eigenvalue weighted by molar-refractivity contribution is 6.00. The Hall–Kier alpha value is -9.31. The molecule has 10 N–H and O–H groups in total. The van der Waals surface area contributed by atoms with E-state index in [2.05, 4.69) is 43.8 Å². The lowest BCUT2D eigenvalue weighted by molar-refractivity contribution is -0.141. The number of hydrogen-bond acceptors (Lipinski definition) is 11. The third-order valence-electron chi connectivity index (χ3n) is 16.4. The number of nitrogens with zero attached hydrogens (tertiary/aromatic N) is 3. The molecule has 4 aromatic carbocycles. The molecule has 0 fully saturated rings. The van der Waals surface area contributed by atoms with Gasteiger partial charge in [-0.05, 0) is 115 Å². The van der Waals surface area contributed by atoms with Gasteiger partial charge in [-0.1, -0.05) is 143 Å². The van der Waals surface area contributed by atoms with Crippen LogP contribution in [0.4, 0.5) is 26.7 Å². The largest absolute Gasteiger partial charge is 0.478 e. The van der Waals surface area contributed by atoms with Gasteiger partial charge in [0.1, 0.15) is 24.7 Å². The summed E-state index contributed by atoms with van der Waals surface area (Å²) in [5.74, 6) is -4.47. The number of carbonyl (C=O) groups is 9. The Morgan fingerprint density at radius 3 is 2.01 bits per heavy atom. The highest BCUT2D eigenvalue weighted by atomic mass is 16.5. The van der Waals surface area contributed by atoms with Gasteiger partial charge in [-0.2, -0.15) is 0 Å². The van der Waals surface area contributed by atoms with Gasteiger partial charge in [-0.15, -0.1) is 0 Å². The van der Waals surface area contributed by atoms with E-state index in [1.54, 1.807) is 81.4 Å². The summed E-state index contributed by atoms with van der Waals surface area (Å²) in [5.41, 5.74) is 10.2. The van der Waals surface area contributed by atoms with E-state index in [0.29, 0.717) is 23.4 Å². The minimum Gasteiger partial charge on any atom is -0.478 e. The smallest absolute Gasteiger partial charge is 0.411 e. The Balaban J connectivity index is 1.23. The molecule has 1 aromatic heterocycles. The first-order valence-corrected chi connectivity index (χ1v) is 31.1. The number of primary amides is 1. The molecule has 0 spiro atoms. The fraction of sp³-hybridized carbons (Fsp3) is 0.443. The van der Waals surface area contributed by atoms with E-state index in [4.69, 9.17) is 10.5 Å². The van der Waals surface area contributed by atoms with Crippen LogP contribution in [0.15, 0.2) is 115 Å². The van der Waals surface area contributed by atoms with Gasteiger partial charge in [0.2, 0.25) is 35.4 Å². The van der Waals surface area contributed by atoms with Crippen LogP contribution < -0.4 is 47.9 Å². The summed E-state index contributed by atoms with van der Waals surface area (Å²) in [5, 5.41) is 30.3. The second kappa shape index (κ2) is 33.1. The first-order chi connectivity index (χ1) is 43.3.